The van der Waals surface area contributed by atoms with Crippen molar-refractivity contribution in [3.63, 3.8) is 0 Å². The minimum atomic E-state index is -0.210. The summed E-state index contributed by atoms with van der Waals surface area (Å²) in [7, 11) is 0. The van der Waals surface area contributed by atoms with Gasteiger partial charge in [-0.2, -0.15) is 0 Å². The summed E-state index contributed by atoms with van der Waals surface area (Å²) in [5.74, 6) is -0.343. The third-order valence-corrected chi connectivity index (χ3v) is 4.50. The van der Waals surface area contributed by atoms with Gasteiger partial charge in [-0.15, -0.1) is 11.3 Å². The van der Waals surface area contributed by atoms with Crippen LogP contribution in [0.4, 0.5) is 5.13 Å². The lowest BCUT2D eigenvalue weighted by atomic mass is 10.2. The number of aryl methyl sites for hydroxylation is 1. The number of carbonyl (C=O) groups is 2. The van der Waals surface area contributed by atoms with Gasteiger partial charge in [-0.3, -0.25) is 9.59 Å². The quantitative estimate of drug-likeness (QED) is 0.821. The zero-order valence-corrected chi connectivity index (χ0v) is 14.3. The molecule has 5 nitrogen and oxygen atoms in total. The Balaban J connectivity index is 1.61. The molecule has 6 heteroatoms. The van der Waals surface area contributed by atoms with Crippen LogP contribution in [0.1, 0.15) is 23.3 Å². The van der Waals surface area contributed by atoms with E-state index < -0.39 is 0 Å². The standard InChI is InChI=1S/C18H19N3O2S/c1-13-11-19-18(24-13)20-16(22)12-21(15-8-9-15)17(23)10-7-14-5-3-2-4-6-14/h2-7,10-11,15H,8-9,12H2,1H3,(H,19,20,22). The van der Waals surface area contributed by atoms with Crippen LogP contribution < -0.4 is 5.32 Å². The van der Waals surface area contributed by atoms with E-state index in [9.17, 15) is 9.59 Å². The third kappa shape index (κ3) is 4.52. The Bertz CT molecular complexity index is 751. The van der Waals surface area contributed by atoms with Crippen LogP contribution in [0.2, 0.25) is 0 Å². The lowest BCUT2D eigenvalue weighted by Gasteiger charge is -2.19. The number of benzene rings is 1. The smallest absolute Gasteiger partial charge is 0.247 e. The van der Waals surface area contributed by atoms with Crippen LogP contribution in [0.25, 0.3) is 6.08 Å². The largest absolute Gasteiger partial charge is 0.327 e. The summed E-state index contributed by atoms with van der Waals surface area (Å²) in [5, 5.41) is 3.32. The average Bonchev–Trinajstić information content (AvgIpc) is 3.34. The molecule has 1 N–H and O–H groups in total. The molecule has 24 heavy (non-hydrogen) atoms. The molecule has 0 aliphatic heterocycles. The normalized spacial score (nSPS) is 13.9. The van der Waals surface area contributed by atoms with E-state index in [1.807, 2.05) is 37.3 Å². The van der Waals surface area contributed by atoms with Gasteiger partial charge in [0.2, 0.25) is 11.8 Å². The van der Waals surface area contributed by atoms with Crippen LogP contribution in [0, 0.1) is 6.92 Å². The summed E-state index contributed by atoms with van der Waals surface area (Å²) < 4.78 is 0. The van der Waals surface area contributed by atoms with Gasteiger partial charge in [0, 0.05) is 23.2 Å². The summed E-state index contributed by atoms with van der Waals surface area (Å²) in [6.45, 7) is 1.99. The molecule has 0 spiro atoms. The van der Waals surface area contributed by atoms with Crippen LogP contribution in [0.5, 0.6) is 0 Å². The first-order valence-electron chi connectivity index (χ1n) is 7.88. The second kappa shape index (κ2) is 7.40. The van der Waals surface area contributed by atoms with Crippen molar-refractivity contribution in [2.24, 2.45) is 0 Å². The van der Waals surface area contributed by atoms with Crippen molar-refractivity contribution in [2.75, 3.05) is 11.9 Å². The molecule has 0 unspecified atom stereocenters. The number of hydrogen-bond donors (Lipinski definition) is 1. The number of thiazole rings is 1. The lowest BCUT2D eigenvalue weighted by Crippen LogP contribution is -2.38. The number of aromatic nitrogens is 1. The summed E-state index contributed by atoms with van der Waals surface area (Å²) in [4.78, 5) is 31.4. The first-order valence-corrected chi connectivity index (χ1v) is 8.69. The maximum absolute atomic E-state index is 12.4. The molecule has 1 heterocycles. The Hall–Kier alpha value is -2.47. The number of amides is 2. The summed E-state index contributed by atoms with van der Waals surface area (Å²) in [6, 6.07) is 9.81. The van der Waals surface area contributed by atoms with Crippen molar-refractivity contribution in [1.29, 1.82) is 0 Å². The molecule has 2 aromatic rings. The summed E-state index contributed by atoms with van der Waals surface area (Å²) in [5.41, 5.74) is 0.962. The molecule has 1 aliphatic carbocycles. The van der Waals surface area contributed by atoms with Crippen molar-refractivity contribution < 1.29 is 9.59 Å². The Morgan fingerprint density at radius 3 is 2.71 bits per heavy atom. The van der Waals surface area contributed by atoms with Crippen LogP contribution in [0.15, 0.2) is 42.6 Å². The van der Waals surface area contributed by atoms with E-state index in [2.05, 4.69) is 10.3 Å². The zero-order chi connectivity index (χ0) is 16.9. The molecule has 2 amide bonds. The molecular weight excluding hydrogens is 322 g/mol. The van der Waals surface area contributed by atoms with Crippen molar-refractivity contribution in [1.82, 2.24) is 9.88 Å². The molecule has 3 rings (SSSR count). The van der Waals surface area contributed by atoms with Crippen molar-refractivity contribution in [2.45, 2.75) is 25.8 Å². The van der Waals surface area contributed by atoms with Gasteiger partial charge in [-0.25, -0.2) is 4.98 Å². The first kappa shape index (κ1) is 16.4. The predicted octanol–water partition coefficient (Wildman–Crippen LogP) is 3.09. The number of nitrogens with one attached hydrogen (secondary N) is 1. The van der Waals surface area contributed by atoms with Crippen LogP contribution in [-0.4, -0.2) is 34.3 Å². The molecule has 1 saturated carbocycles. The number of carbonyl (C=O) groups excluding carboxylic acids is 2. The molecule has 0 bridgehead atoms. The highest BCUT2D eigenvalue weighted by Gasteiger charge is 2.32. The fraction of sp³-hybridized carbons (Fsp3) is 0.278. The molecule has 1 aromatic heterocycles. The summed E-state index contributed by atoms with van der Waals surface area (Å²) >= 11 is 1.42. The van der Waals surface area contributed by atoms with Gasteiger partial charge >= 0.3 is 0 Å². The van der Waals surface area contributed by atoms with Gasteiger partial charge < -0.3 is 10.2 Å². The number of rotatable bonds is 6. The van der Waals surface area contributed by atoms with Gasteiger partial charge in [0.05, 0.1) is 0 Å². The number of anilines is 1. The second-order valence-corrected chi connectivity index (χ2v) is 7.00. The van der Waals surface area contributed by atoms with Crippen LogP contribution >= 0.6 is 11.3 Å². The number of hydrogen-bond acceptors (Lipinski definition) is 4. The van der Waals surface area contributed by atoms with E-state index in [0.29, 0.717) is 5.13 Å². The zero-order valence-electron chi connectivity index (χ0n) is 13.4. The van der Waals surface area contributed by atoms with Crippen molar-refractivity contribution >= 4 is 34.4 Å². The molecule has 0 radical (unpaired) electrons. The van der Waals surface area contributed by atoms with Crippen molar-refractivity contribution in [3.05, 3.63) is 53.0 Å². The minimum absolute atomic E-state index is 0.0568. The Kier molecular flexibility index (Phi) is 5.05. The molecule has 124 valence electrons. The molecule has 1 aromatic carbocycles. The van der Waals surface area contributed by atoms with Gasteiger partial charge in [0.15, 0.2) is 5.13 Å². The Morgan fingerprint density at radius 2 is 2.08 bits per heavy atom. The van der Waals surface area contributed by atoms with Crippen LogP contribution in [0.3, 0.4) is 0 Å². The molecular formula is C18H19N3O2S. The minimum Gasteiger partial charge on any atom is -0.327 e. The molecule has 0 atom stereocenters. The van der Waals surface area contributed by atoms with E-state index in [4.69, 9.17) is 0 Å². The fourth-order valence-corrected chi connectivity index (χ4v) is 3.01. The average molecular weight is 341 g/mol. The van der Waals surface area contributed by atoms with E-state index in [0.717, 1.165) is 23.3 Å². The van der Waals surface area contributed by atoms with E-state index in [1.54, 1.807) is 17.2 Å². The van der Waals surface area contributed by atoms with Crippen LogP contribution in [-0.2, 0) is 9.59 Å². The van der Waals surface area contributed by atoms with E-state index >= 15 is 0 Å². The fourth-order valence-electron chi connectivity index (χ4n) is 2.33. The maximum Gasteiger partial charge on any atom is 0.247 e. The lowest BCUT2D eigenvalue weighted by molar-refractivity contribution is -0.131. The Labute approximate surface area is 145 Å². The predicted molar refractivity (Wildman–Crippen MR) is 95.7 cm³/mol. The highest BCUT2D eigenvalue weighted by atomic mass is 32.1. The topological polar surface area (TPSA) is 62.3 Å². The number of nitrogens with zero attached hydrogens (tertiary/aromatic N) is 2. The maximum atomic E-state index is 12.4. The van der Waals surface area contributed by atoms with Gasteiger partial charge in [-0.1, -0.05) is 30.3 Å². The van der Waals surface area contributed by atoms with Gasteiger partial charge in [0.25, 0.3) is 0 Å². The highest BCUT2D eigenvalue weighted by Crippen LogP contribution is 2.27. The first-order chi connectivity index (χ1) is 11.6. The molecule has 0 saturated heterocycles. The molecule has 1 aliphatic rings. The van der Waals surface area contributed by atoms with E-state index in [-0.39, 0.29) is 24.4 Å². The van der Waals surface area contributed by atoms with Gasteiger partial charge in [0.1, 0.15) is 6.54 Å². The van der Waals surface area contributed by atoms with E-state index in [1.165, 1.54) is 17.4 Å². The summed E-state index contributed by atoms with van der Waals surface area (Å²) in [6.07, 6.45) is 6.93. The molecule has 1 fully saturated rings. The monoisotopic (exact) mass is 341 g/mol. The van der Waals surface area contributed by atoms with Gasteiger partial charge in [-0.05, 0) is 31.4 Å². The third-order valence-electron chi connectivity index (χ3n) is 3.67. The highest BCUT2D eigenvalue weighted by molar-refractivity contribution is 7.15. The Morgan fingerprint density at radius 1 is 1.33 bits per heavy atom. The SMILES string of the molecule is Cc1cnc(NC(=O)CN(C(=O)C=Cc2ccccc2)C2CC2)s1. The van der Waals surface area contributed by atoms with Crippen molar-refractivity contribution in [3.8, 4) is 0 Å². The second-order valence-electron chi connectivity index (χ2n) is 5.77.